The van der Waals surface area contributed by atoms with Crippen LogP contribution in [0.2, 0.25) is 0 Å². The molecule has 5 N–H and O–H groups in total. The third kappa shape index (κ3) is 6.45. The Labute approximate surface area is 196 Å². The van der Waals surface area contributed by atoms with Gasteiger partial charge in [-0.2, -0.15) is 23.4 Å². The van der Waals surface area contributed by atoms with Crippen LogP contribution in [0.15, 0.2) is 24.7 Å². The number of carboxylic acid groups (broad SMARTS) is 1. The Morgan fingerprint density at radius 2 is 1.86 bits per heavy atom. The van der Waals surface area contributed by atoms with Gasteiger partial charge in [0.05, 0.1) is 11.9 Å². The van der Waals surface area contributed by atoms with E-state index in [0.29, 0.717) is 23.1 Å². The number of nitrogens with two attached hydrogens (primary N) is 1. The van der Waals surface area contributed by atoms with Crippen LogP contribution in [0.25, 0.3) is 5.65 Å². The number of fused-ring (bicyclic) bond motifs is 1. The molecule has 3 heterocycles. The summed E-state index contributed by atoms with van der Waals surface area (Å²) in [6, 6.07) is 2.25. The quantitative estimate of drug-likeness (QED) is 0.417. The van der Waals surface area contributed by atoms with Crippen LogP contribution in [0.3, 0.4) is 0 Å². The zero-order chi connectivity index (χ0) is 25.8. The van der Waals surface area contributed by atoms with E-state index in [1.54, 1.807) is 17.8 Å². The minimum absolute atomic E-state index is 0.0000581. The lowest BCUT2D eigenvalue weighted by molar-refractivity contribution is -0.192. The van der Waals surface area contributed by atoms with E-state index in [1.165, 1.54) is 36.3 Å². The Morgan fingerprint density at radius 1 is 1.20 bits per heavy atom. The number of anilines is 2. The molecule has 12 nitrogen and oxygen atoms in total. The number of nitrogens with one attached hydrogen (secondary N) is 2. The number of aliphatic carboxylic acids is 1. The van der Waals surface area contributed by atoms with Crippen LogP contribution in [0.1, 0.15) is 53.0 Å². The Morgan fingerprint density at radius 3 is 2.46 bits per heavy atom. The number of carbonyl (C=O) groups excluding carboxylic acids is 2. The first-order valence-electron chi connectivity index (χ1n) is 10.5. The van der Waals surface area contributed by atoms with Crippen LogP contribution in [0.4, 0.5) is 24.7 Å². The van der Waals surface area contributed by atoms with Gasteiger partial charge in [-0.25, -0.2) is 14.3 Å². The van der Waals surface area contributed by atoms with Gasteiger partial charge in [0.1, 0.15) is 11.4 Å². The third-order valence-electron chi connectivity index (χ3n) is 5.12. The van der Waals surface area contributed by atoms with Crippen molar-refractivity contribution in [1.29, 1.82) is 0 Å². The first-order chi connectivity index (χ1) is 16.5. The Kier molecular flexibility index (Phi) is 7.56. The summed E-state index contributed by atoms with van der Waals surface area (Å²) in [6.45, 7) is 0. The number of halogens is 3. The fourth-order valence-electron chi connectivity index (χ4n) is 3.52. The maximum atomic E-state index is 12.8. The van der Waals surface area contributed by atoms with Gasteiger partial charge in [0.2, 0.25) is 0 Å². The summed E-state index contributed by atoms with van der Waals surface area (Å²) in [7, 11) is 1.64. The van der Waals surface area contributed by atoms with Gasteiger partial charge in [-0.15, -0.1) is 0 Å². The van der Waals surface area contributed by atoms with E-state index in [0.717, 1.165) is 12.8 Å². The minimum atomic E-state index is -5.08. The van der Waals surface area contributed by atoms with E-state index in [4.69, 9.17) is 15.6 Å². The molecule has 35 heavy (non-hydrogen) atoms. The fourth-order valence-corrected chi connectivity index (χ4v) is 3.52. The van der Waals surface area contributed by atoms with Crippen molar-refractivity contribution in [1.82, 2.24) is 24.4 Å². The molecule has 1 fully saturated rings. The molecule has 4 rings (SSSR count). The Bertz CT molecular complexity index is 1230. The van der Waals surface area contributed by atoms with Gasteiger partial charge >= 0.3 is 12.1 Å². The van der Waals surface area contributed by atoms with Gasteiger partial charge in [-0.1, -0.05) is 19.3 Å². The van der Waals surface area contributed by atoms with Crippen molar-refractivity contribution in [3.63, 3.8) is 0 Å². The van der Waals surface area contributed by atoms with Gasteiger partial charge in [-0.05, 0) is 18.9 Å². The molecule has 2 amide bonds. The highest BCUT2D eigenvalue weighted by molar-refractivity contribution is 6.10. The number of rotatable bonds is 5. The molecule has 1 aliphatic carbocycles. The second-order valence-electron chi connectivity index (χ2n) is 7.80. The highest BCUT2D eigenvalue weighted by atomic mass is 19.4. The van der Waals surface area contributed by atoms with Crippen molar-refractivity contribution in [2.45, 2.75) is 44.3 Å². The Balaban J connectivity index is 0.000000429. The van der Waals surface area contributed by atoms with Crippen LogP contribution in [-0.2, 0) is 11.8 Å². The lowest BCUT2D eigenvalue weighted by atomic mass is 9.95. The number of alkyl halides is 3. The smallest absolute Gasteiger partial charge is 0.475 e. The van der Waals surface area contributed by atoms with Crippen LogP contribution < -0.4 is 16.4 Å². The van der Waals surface area contributed by atoms with Crippen molar-refractivity contribution >= 4 is 34.9 Å². The normalized spacial score (nSPS) is 14.2. The number of primary amides is 1. The van der Waals surface area contributed by atoms with E-state index in [2.05, 4.69) is 25.8 Å². The topological polar surface area (TPSA) is 170 Å². The number of aromatic nitrogens is 5. The number of hydrogen-bond acceptors (Lipinski definition) is 7. The molecule has 1 aliphatic rings. The molecule has 188 valence electrons. The van der Waals surface area contributed by atoms with Crippen LogP contribution in [0.5, 0.6) is 0 Å². The number of aryl methyl sites for hydroxylation is 1. The molecule has 0 bridgehead atoms. The molecule has 0 atom stereocenters. The maximum absolute atomic E-state index is 12.8. The van der Waals surface area contributed by atoms with Crippen molar-refractivity contribution in [3.05, 3.63) is 35.9 Å². The second kappa shape index (κ2) is 10.4. The molecule has 0 aromatic carbocycles. The van der Waals surface area contributed by atoms with Gasteiger partial charge in [0, 0.05) is 25.5 Å². The highest BCUT2D eigenvalue weighted by Crippen LogP contribution is 2.22. The molecule has 0 saturated heterocycles. The predicted molar refractivity (Wildman–Crippen MR) is 117 cm³/mol. The fraction of sp³-hybridized carbons (Fsp3) is 0.400. The van der Waals surface area contributed by atoms with Crippen LogP contribution in [0, 0.1) is 0 Å². The van der Waals surface area contributed by atoms with Gasteiger partial charge in [-0.3, -0.25) is 14.3 Å². The predicted octanol–water partition coefficient (Wildman–Crippen LogP) is 2.19. The lowest BCUT2D eigenvalue weighted by Gasteiger charge is -2.23. The van der Waals surface area contributed by atoms with E-state index in [-0.39, 0.29) is 11.4 Å². The first-order valence-corrected chi connectivity index (χ1v) is 10.5. The standard InChI is InChI=1S/C18H22N8O2.C2HF3O2/c1-25-10-13(15(24-25)16(19)27)22-18(28)12-9-20-26-8-7-14(23-17(12)26)21-11-5-3-2-4-6-11;3-2(4,5)1(6)7/h7-11H,2-6H2,1H3,(H2,19,27)(H,21,23)(H,22,28);(H,6,7). The van der Waals surface area contributed by atoms with Gasteiger partial charge in [0.25, 0.3) is 11.8 Å². The Hall–Kier alpha value is -4.17. The molecule has 0 radical (unpaired) electrons. The maximum Gasteiger partial charge on any atom is 0.490 e. The van der Waals surface area contributed by atoms with E-state index in [1.807, 2.05) is 6.07 Å². The average molecular weight is 496 g/mol. The van der Waals surface area contributed by atoms with E-state index >= 15 is 0 Å². The summed E-state index contributed by atoms with van der Waals surface area (Å²) < 4.78 is 34.7. The molecular formula is C20H23F3N8O4. The summed E-state index contributed by atoms with van der Waals surface area (Å²) in [5.41, 5.74) is 6.30. The summed E-state index contributed by atoms with van der Waals surface area (Å²) in [5.74, 6) is -3.19. The summed E-state index contributed by atoms with van der Waals surface area (Å²) in [6.07, 6.45) is 5.60. The van der Waals surface area contributed by atoms with Crippen molar-refractivity contribution < 1.29 is 32.7 Å². The van der Waals surface area contributed by atoms with E-state index in [9.17, 15) is 22.8 Å². The third-order valence-corrected chi connectivity index (χ3v) is 5.12. The van der Waals surface area contributed by atoms with Gasteiger partial charge < -0.3 is 21.5 Å². The lowest BCUT2D eigenvalue weighted by Crippen LogP contribution is -2.23. The zero-order valence-corrected chi connectivity index (χ0v) is 18.5. The number of carboxylic acids is 1. The molecule has 15 heteroatoms. The zero-order valence-electron chi connectivity index (χ0n) is 18.5. The second-order valence-corrected chi connectivity index (χ2v) is 7.80. The molecule has 0 unspecified atom stereocenters. The number of amides is 2. The monoisotopic (exact) mass is 496 g/mol. The molecular weight excluding hydrogens is 473 g/mol. The van der Waals surface area contributed by atoms with Crippen molar-refractivity contribution in [2.75, 3.05) is 10.6 Å². The average Bonchev–Trinajstić information content (AvgIpc) is 3.37. The van der Waals surface area contributed by atoms with E-state index < -0.39 is 24.0 Å². The van der Waals surface area contributed by atoms with Crippen molar-refractivity contribution in [3.8, 4) is 0 Å². The number of hydrogen-bond donors (Lipinski definition) is 4. The molecule has 3 aromatic heterocycles. The minimum Gasteiger partial charge on any atom is -0.475 e. The first kappa shape index (κ1) is 25.5. The SMILES string of the molecule is Cn1cc(NC(=O)c2cnn3ccc(NC4CCCCC4)nc23)c(C(N)=O)n1.O=C(O)C(F)(F)F. The van der Waals surface area contributed by atoms with Crippen LogP contribution in [-0.4, -0.2) is 59.5 Å². The summed E-state index contributed by atoms with van der Waals surface area (Å²) >= 11 is 0. The number of nitrogens with zero attached hydrogens (tertiary/aromatic N) is 5. The van der Waals surface area contributed by atoms with Crippen molar-refractivity contribution in [2.24, 2.45) is 12.8 Å². The summed E-state index contributed by atoms with van der Waals surface area (Å²) in [5, 5.41) is 21.4. The highest BCUT2D eigenvalue weighted by Gasteiger charge is 2.38. The molecule has 1 saturated carbocycles. The summed E-state index contributed by atoms with van der Waals surface area (Å²) in [4.78, 5) is 37.7. The van der Waals surface area contributed by atoms with Gasteiger partial charge in [0.15, 0.2) is 11.3 Å². The number of carbonyl (C=O) groups is 3. The molecule has 3 aromatic rings. The largest absolute Gasteiger partial charge is 0.490 e. The van der Waals surface area contributed by atoms with Crippen LogP contribution >= 0.6 is 0 Å². The molecule has 0 spiro atoms. The molecule has 0 aliphatic heterocycles.